The second kappa shape index (κ2) is 7.31. The lowest BCUT2D eigenvalue weighted by molar-refractivity contribution is -0.172. The van der Waals surface area contributed by atoms with Crippen molar-refractivity contribution >= 4 is 8.32 Å². The Morgan fingerprint density at radius 1 is 1.12 bits per heavy atom. The number of nitrogens with zero attached hydrogens (tertiary/aromatic N) is 2. The van der Waals surface area contributed by atoms with Gasteiger partial charge in [-0.05, 0) is 91.2 Å². The second-order valence-corrected chi connectivity index (χ2v) is 17.6. The maximum absolute atomic E-state index is 13.7. The van der Waals surface area contributed by atoms with Gasteiger partial charge in [-0.25, -0.2) is 0 Å². The summed E-state index contributed by atoms with van der Waals surface area (Å²) in [5.41, 5.74) is 0.264. The van der Waals surface area contributed by atoms with Gasteiger partial charge in [-0.2, -0.15) is 23.4 Å². The number of alkyl halides is 3. The Bertz CT molecular complexity index is 1020. The number of aliphatic hydroxyl groups is 1. The molecule has 2 saturated carbocycles. The first-order valence-electron chi connectivity index (χ1n) is 12.6. The number of aryl methyl sites for hydroxylation is 1. The third-order valence-corrected chi connectivity index (χ3v) is 14.5. The van der Waals surface area contributed by atoms with Crippen LogP contribution in [0.4, 0.5) is 13.2 Å². The van der Waals surface area contributed by atoms with Gasteiger partial charge in [0.15, 0.2) is 11.8 Å². The maximum Gasteiger partial charge on any atom is 0.413 e. The van der Waals surface area contributed by atoms with E-state index in [0.717, 1.165) is 25.0 Å². The quantitative estimate of drug-likeness (QED) is 0.441. The summed E-state index contributed by atoms with van der Waals surface area (Å²) in [4.78, 5) is 0. The number of rotatable bonds is 2. The van der Waals surface area contributed by atoms with Gasteiger partial charge in [0.2, 0.25) is 8.32 Å². The van der Waals surface area contributed by atoms with E-state index in [1.54, 1.807) is 0 Å². The molecule has 3 aliphatic carbocycles. The van der Waals surface area contributed by atoms with Gasteiger partial charge in [-0.1, -0.05) is 33.8 Å². The van der Waals surface area contributed by atoms with Crippen LogP contribution in [0.1, 0.15) is 70.4 Å². The topological polar surface area (TPSA) is 54.2 Å². The van der Waals surface area contributed by atoms with Gasteiger partial charge in [0.25, 0.3) is 0 Å². The molecule has 0 aromatic heterocycles. The van der Waals surface area contributed by atoms with Crippen LogP contribution in [0.2, 0.25) is 18.1 Å². The highest BCUT2D eigenvalue weighted by Crippen LogP contribution is 2.69. The van der Waals surface area contributed by atoms with Gasteiger partial charge in [-0.3, -0.25) is 0 Å². The Hall–Kier alpha value is -1.41. The van der Waals surface area contributed by atoms with Gasteiger partial charge in [-0.15, -0.1) is 0 Å². The molecule has 188 valence electrons. The van der Waals surface area contributed by atoms with Crippen LogP contribution in [0.25, 0.3) is 0 Å². The van der Waals surface area contributed by atoms with Crippen LogP contribution in [-0.2, 0) is 6.42 Å². The number of azo groups is 1. The molecule has 1 aromatic carbocycles. The largest absolute Gasteiger partial charge is 0.543 e. The highest BCUT2D eigenvalue weighted by Gasteiger charge is 2.72. The van der Waals surface area contributed by atoms with Crippen molar-refractivity contribution in [2.75, 3.05) is 0 Å². The molecule has 1 aromatic rings. The molecule has 1 N–H and O–H groups in total. The van der Waals surface area contributed by atoms with E-state index in [9.17, 15) is 18.3 Å². The second-order valence-electron chi connectivity index (χ2n) is 12.9. The highest BCUT2D eigenvalue weighted by molar-refractivity contribution is 6.74. The van der Waals surface area contributed by atoms with E-state index in [2.05, 4.69) is 62.3 Å². The summed E-state index contributed by atoms with van der Waals surface area (Å²) in [6.07, 6.45) is -0.788. The predicted octanol–water partition coefficient (Wildman–Crippen LogP) is 7.24. The Balaban J connectivity index is 1.42. The minimum Gasteiger partial charge on any atom is -0.543 e. The lowest BCUT2D eigenvalue weighted by Gasteiger charge is -2.51. The molecule has 0 bridgehead atoms. The molecule has 34 heavy (non-hydrogen) atoms. The molecule has 8 heteroatoms. The van der Waals surface area contributed by atoms with Crippen molar-refractivity contribution in [3.8, 4) is 5.75 Å². The molecule has 0 saturated heterocycles. The molecular weight excluding hydrogens is 457 g/mol. The monoisotopic (exact) mass is 494 g/mol. The van der Waals surface area contributed by atoms with Gasteiger partial charge in [0.1, 0.15) is 5.75 Å². The number of hydrogen-bond acceptors (Lipinski definition) is 4. The van der Waals surface area contributed by atoms with Crippen molar-refractivity contribution in [2.24, 2.45) is 33.4 Å². The molecule has 0 spiro atoms. The van der Waals surface area contributed by atoms with Crippen LogP contribution in [0.15, 0.2) is 28.4 Å². The van der Waals surface area contributed by atoms with E-state index in [-0.39, 0.29) is 16.9 Å². The molecule has 1 aliphatic heterocycles. The average Bonchev–Trinajstić information content (AvgIpc) is 3.16. The van der Waals surface area contributed by atoms with Crippen molar-refractivity contribution in [1.29, 1.82) is 0 Å². The lowest BCUT2D eigenvalue weighted by atomic mass is 9.54. The third kappa shape index (κ3) is 3.34. The molecular formula is C26H37F3N2O2Si. The summed E-state index contributed by atoms with van der Waals surface area (Å²) < 4.78 is 47.5. The zero-order valence-corrected chi connectivity index (χ0v) is 22.0. The van der Waals surface area contributed by atoms with Crippen molar-refractivity contribution < 1.29 is 22.7 Å². The van der Waals surface area contributed by atoms with Crippen LogP contribution in [0.5, 0.6) is 5.75 Å². The smallest absolute Gasteiger partial charge is 0.413 e. The standard InChI is InChI=1S/C26H37F3N2O2Si/c1-23(2,3)34(5,6)33-16-8-10-17-15(13-16)7-9-19-18(17)11-12-24(4)20(19)14-21-22(26(27,28)29)30-31-25(21,24)32/h8,10,13,18-22,32H,7,9,11-12,14H2,1-6H3/t18?,19?,20?,21?,22?,24-,25?/m0/s1. The first kappa shape index (κ1) is 24.3. The molecule has 4 nitrogen and oxygen atoms in total. The zero-order chi connectivity index (χ0) is 24.9. The first-order chi connectivity index (χ1) is 15.6. The fraction of sp³-hybridized carbons (Fsp3) is 0.769. The van der Waals surface area contributed by atoms with Crippen molar-refractivity contribution in [3.05, 3.63) is 29.3 Å². The van der Waals surface area contributed by atoms with Crippen molar-refractivity contribution in [2.45, 2.75) is 102 Å². The molecule has 1 heterocycles. The number of halogens is 3. The molecule has 5 rings (SSSR count). The van der Waals surface area contributed by atoms with Crippen LogP contribution in [-0.4, -0.2) is 31.4 Å². The summed E-state index contributed by atoms with van der Waals surface area (Å²) in [5, 5.41) is 19.0. The molecule has 6 unspecified atom stereocenters. The van der Waals surface area contributed by atoms with Gasteiger partial charge in [0.05, 0.1) is 0 Å². The van der Waals surface area contributed by atoms with Gasteiger partial charge in [0, 0.05) is 11.3 Å². The fourth-order valence-corrected chi connectivity index (χ4v) is 8.23. The minimum absolute atomic E-state index is 0.0154. The van der Waals surface area contributed by atoms with E-state index < -0.39 is 37.6 Å². The zero-order valence-electron chi connectivity index (χ0n) is 21.0. The Morgan fingerprint density at radius 2 is 1.82 bits per heavy atom. The van der Waals surface area contributed by atoms with E-state index in [4.69, 9.17) is 4.43 Å². The number of benzene rings is 1. The van der Waals surface area contributed by atoms with Crippen LogP contribution < -0.4 is 4.43 Å². The van der Waals surface area contributed by atoms with Gasteiger partial charge >= 0.3 is 6.18 Å². The summed E-state index contributed by atoms with van der Waals surface area (Å²) >= 11 is 0. The molecule has 7 atom stereocenters. The molecule has 0 radical (unpaired) electrons. The molecule has 2 fully saturated rings. The van der Waals surface area contributed by atoms with E-state index in [1.807, 2.05) is 6.92 Å². The first-order valence-corrected chi connectivity index (χ1v) is 15.5. The van der Waals surface area contributed by atoms with Crippen LogP contribution >= 0.6 is 0 Å². The minimum atomic E-state index is -4.47. The fourth-order valence-electron chi connectivity index (χ4n) is 7.20. The lowest BCUT2D eigenvalue weighted by Crippen LogP contribution is -2.52. The van der Waals surface area contributed by atoms with Crippen molar-refractivity contribution in [3.63, 3.8) is 0 Å². The Labute approximate surface area is 201 Å². The summed E-state index contributed by atoms with van der Waals surface area (Å²) in [5.74, 6) is 0.553. The van der Waals surface area contributed by atoms with Crippen LogP contribution in [0, 0.1) is 23.2 Å². The van der Waals surface area contributed by atoms with E-state index >= 15 is 0 Å². The normalized spacial score (nSPS) is 39.3. The summed E-state index contributed by atoms with van der Waals surface area (Å²) in [6, 6.07) is 4.59. The Morgan fingerprint density at radius 3 is 2.47 bits per heavy atom. The molecule has 0 amide bonds. The number of fused-ring (bicyclic) bond motifs is 7. The Kier molecular flexibility index (Phi) is 5.22. The molecule has 4 aliphatic rings. The number of hydrogen-bond donors (Lipinski definition) is 1. The average molecular weight is 495 g/mol. The summed E-state index contributed by atoms with van der Waals surface area (Å²) in [7, 11) is -1.94. The maximum atomic E-state index is 13.7. The van der Waals surface area contributed by atoms with Crippen LogP contribution in [0.3, 0.4) is 0 Å². The van der Waals surface area contributed by atoms with E-state index in [0.29, 0.717) is 18.8 Å². The third-order valence-electron chi connectivity index (χ3n) is 10.2. The SMILES string of the molecule is CC(C)(C)[Si](C)(C)Oc1ccc2c(c1)CCC1C2CC[C@@]2(C)C1CC1C(C(F)(F)F)N=NC12O. The predicted molar refractivity (Wildman–Crippen MR) is 127 cm³/mol. The summed E-state index contributed by atoms with van der Waals surface area (Å²) in [6.45, 7) is 13.1. The van der Waals surface area contributed by atoms with Gasteiger partial charge < -0.3 is 9.53 Å². The van der Waals surface area contributed by atoms with Crippen molar-refractivity contribution in [1.82, 2.24) is 0 Å². The van der Waals surface area contributed by atoms with E-state index in [1.165, 1.54) is 11.1 Å². The highest BCUT2D eigenvalue weighted by atomic mass is 28.4.